The Morgan fingerprint density at radius 1 is 1.35 bits per heavy atom. The van der Waals surface area contributed by atoms with Crippen LogP contribution in [0.15, 0.2) is 47.6 Å². The van der Waals surface area contributed by atoms with Crippen molar-refractivity contribution in [3.05, 3.63) is 48.3 Å². The van der Waals surface area contributed by atoms with Gasteiger partial charge in [0.2, 0.25) is 10.0 Å². The van der Waals surface area contributed by atoms with Gasteiger partial charge >= 0.3 is 0 Å². The number of ether oxygens (including phenoxy) is 1. The van der Waals surface area contributed by atoms with E-state index in [1.165, 1.54) is 18.2 Å². The molecular formula is C15H15N3O4S. The average molecular weight is 333 g/mol. The fraction of sp³-hybridized carbons (Fsp3) is 0.200. The lowest BCUT2D eigenvalue weighted by Gasteiger charge is -2.23. The van der Waals surface area contributed by atoms with Crippen molar-refractivity contribution in [3.63, 3.8) is 0 Å². The lowest BCUT2D eigenvalue weighted by atomic mass is 10.2. The van der Waals surface area contributed by atoms with Crippen LogP contribution in [-0.2, 0) is 21.4 Å². The minimum atomic E-state index is -3.71. The third kappa shape index (κ3) is 3.33. The van der Waals surface area contributed by atoms with E-state index in [1.54, 1.807) is 31.5 Å². The van der Waals surface area contributed by atoms with E-state index in [1.807, 2.05) is 0 Å². The Labute approximate surface area is 133 Å². The molecule has 1 amide bonds. The van der Waals surface area contributed by atoms with Crippen molar-refractivity contribution < 1.29 is 17.9 Å². The van der Waals surface area contributed by atoms with E-state index in [4.69, 9.17) is 4.74 Å². The molecule has 0 radical (unpaired) electrons. The SMILES string of the molecule is C[C@@H]1Oc2ccc(S(=O)(=O)NCc3cccnc3)cc2NC1=O. The lowest BCUT2D eigenvalue weighted by molar-refractivity contribution is -0.122. The number of carbonyl (C=O) groups excluding carboxylic acids is 1. The largest absolute Gasteiger partial charge is 0.479 e. The number of carbonyl (C=O) groups is 1. The van der Waals surface area contributed by atoms with Gasteiger partial charge in [-0.25, -0.2) is 13.1 Å². The van der Waals surface area contributed by atoms with E-state index < -0.39 is 16.1 Å². The van der Waals surface area contributed by atoms with Crippen LogP contribution in [-0.4, -0.2) is 25.4 Å². The summed E-state index contributed by atoms with van der Waals surface area (Å²) in [7, 11) is -3.71. The number of anilines is 1. The van der Waals surface area contributed by atoms with Crippen LogP contribution < -0.4 is 14.8 Å². The van der Waals surface area contributed by atoms with Crippen molar-refractivity contribution in [1.29, 1.82) is 0 Å². The summed E-state index contributed by atoms with van der Waals surface area (Å²) < 4.78 is 32.6. The standard InChI is InChI=1S/C15H15N3O4S/c1-10-15(19)18-13-7-12(4-5-14(13)22-10)23(20,21)17-9-11-3-2-6-16-8-11/h2-8,10,17H,9H2,1H3,(H,18,19)/t10-/m0/s1. The van der Waals surface area contributed by atoms with E-state index in [0.29, 0.717) is 11.4 Å². The summed E-state index contributed by atoms with van der Waals surface area (Å²) in [4.78, 5) is 15.6. The third-order valence-corrected chi connectivity index (χ3v) is 4.78. The van der Waals surface area contributed by atoms with Crippen LogP contribution in [0.5, 0.6) is 5.75 Å². The molecule has 7 nitrogen and oxygen atoms in total. The normalized spacial score (nSPS) is 17.1. The van der Waals surface area contributed by atoms with Gasteiger partial charge in [0.05, 0.1) is 10.6 Å². The molecule has 0 saturated carbocycles. The van der Waals surface area contributed by atoms with Crippen molar-refractivity contribution in [3.8, 4) is 5.75 Å². The van der Waals surface area contributed by atoms with Gasteiger partial charge in [-0.1, -0.05) is 6.07 Å². The lowest BCUT2D eigenvalue weighted by Crippen LogP contribution is -2.34. The fourth-order valence-corrected chi connectivity index (χ4v) is 3.16. The van der Waals surface area contributed by atoms with E-state index >= 15 is 0 Å². The van der Waals surface area contributed by atoms with Crippen molar-refractivity contribution in [2.45, 2.75) is 24.5 Å². The predicted octanol–water partition coefficient (Wildman–Crippen LogP) is 1.28. The van der Waals surface area contributed by atoms with Crippen LogP contribution in [0.2, 0.25) is 0 Å². The minimum absolute atomic E-state index is 0.0543. The fourth-order valence-electron chi connectivity index (χ4n) is 2.12. The molecule has 1 aromatic carbocycles. The number of pyridine rings is 1. The summed E-state index contributed by atoms with van der Waals surface area (Å²) in [5.74, 6) is 0.138. The first-order valence-corrected chi connectivity index (χ1v) is 8.44. The maximum absolute atomic E-state index is 12.4. The Morgan fingerprint density at radius 3 is 2.91 bits per heavy atom. The van der Waals surface area contributed by atoms with Crippen molar-refractivity contribution in [1.82, 2.24) is 9.71 Å². The van der Waals surface area contributed by atoms with Crippen molar-refractivity contribution >= 4 is 21.6 Å². The number of nitrogens with one attached hydrogen (secondary N) is 2. The minimum Gasteiger partial charge on any atom is -0.479 e. The highest BCUT2D eigenvalue weighted by Gasteiger charge is 2.25. The summed E-state index contributed by atoms with van der Waals surface area (Å²) in [6.45, 7) is 1.76. The molecule has 0 saturated heterocycles. The average Bonchev–Trinajstić information content (AvgIpc) is 2.55. The van der Waals surface area contributed by atoms with Gasteiger partial charge in [0, 0.05) is 18.9 Å². The first kappa shape index (κ1) is 15.4. The van der Waals surface area contributed by atoms with E-state index in [9.17, 15) is 13.2 Å². The Kier molecular flexibility index (Phi) is 4.01. The van der Waals surface area contributed by atoms with Crippen molar-refractivity contribution in [2.24, 2.45) is 0 Å². The van der Waals surface area contributed by atoms with Gasteiger partial charge < -0.3 is 10.1 Å². The van der Waals surface area contributed by atoms with Gasteiger partial charge in [-0.05, 0) is 36.8 Å². The summed E-state index contributed by atoms with van der Waals surface area (Å²) in [5.41, 5.74) is 1.09. The molecule has 0 unspecified atom stereocenters. The molecule has 1 aliphatic rings. The molecule has 2 N–H and O–H groups in total. The third-order valence-electron chi connectivity index (χ3n) is 3.38. The summed E-state index contributed by atoms with van der Waals surface area (Å²) in [5, 5.41) is 2.63. The van der Waals surface area contributed by atoms with E-state index in [2.05, 4.69) is 15.0 Å². The molecule has 120 valence electrons. The first-order valence-electron chi connectivity index (χ1n) is 6.96. The first-order chi connectivity index (χ1) is 11.0. The molecule has 0 fully saturated rings. The number of aromatic nitrogens is 1. The molecule has 0 bridgehead atoms. The number of amides is 1. The van der Waals surface area contributed by atoms with Gasteiger partial charge in [0.1, 0.15) is 5.75 Å². The Balaban J connectivity index is 1.81. The van der Waals surface area contributed by atoms with E-state index in [-0.39, 0.29) is 17.3 Å². The maximum Gasteiger partial charge on any atom is 0.265 e. The van der Waals surface area contributed by atoms with Gasteiger partial charge in [-0.15, -0.1) is 0 Å². The number of hydrogen-bond acceptors (Lipinski definition) is 5. The molecule has 0 aliphatic carbocycles. The van der Waals surface area contributed by atoms with E-state index in [0.717, 1.165) is 5.56 Å². The number of sulfonamides is 1. The number of nitrogens with zero attached hydrogens (tertiary/aromatic N) is 1. The second-order valence-corrected chi connectivity index (χ2v) is 6.86. The zero-order chi connectivity index (χ0) is 16.4. The van der Waals surface area contributed by atoms with Crippen molar-refractivity contribution in [2.75, 3.05) is 5.32 Å². The van der Waals surface area contributed by atoms with Gasteiger partial charge in [0.15, 0.2) is 6.10 Å². The Bertz CT molecular complexity index is 837. The Hall–Kier alpha value is -2.45. The Morgan fingerprint density at radius 2 is 2.17 bits per heavy atom. The molecule has 0 spiro atoms. The topological polar surface area (TPSA) is 97.4 Å². The molecule has 1 aliphatic heterocycles. The number of rotatable bonds is 4. The molecule has 23 heavy (non-hydrogen) atoms. The van der Waals surface area contributed by atoms with Crippen LogP contribution in [0.25, 0.3) is 0 Å². The second-order valence-electron chi connectivity index (χ2n) is 5.09. The molecular weight excluding hydrogens is 318 g/mol. The monoisotopic (exact) mass is 333 g/mol. The highest BCUT2D eigenvalue weighted by Crippen LogP contribution is 2.31. The smallest absolute Gasteiger partial charge is 0.265 e. The maximum atomic E-state index is 12.4. The number of benzene rings is 1. The van der Waals surface area contributed by atoms with Crippen LogP contribution in [0.1, 0.15) is 12.5 Å². The summed E-state index contributed by atoms with van der Waals surface area (Å²) in [6, 6.07) is 7.86. The van der Waals surface area contributed by atoms with Crippen LogP contribution in [0.4, 0.5) is 5.69 Å². The molecule has 3 rings (SSSR count). The molecule has 2 aromatic rings. The number of hydrogen-bond donors (Lipinski definition) is 2. The molecule has 1 atom stereocenters. The number of fused-ring (bicyclic) bond motifs is 1. The van der Waals surface area contributed by atoms with Gasteiger partial charge in [0.25, 0.3) is 5.91 Å². The molecule has 2 heterocycles. The van der Waals surface area contributed by atoms with Gasteiger partial charge in [-0.2, -0.15) is 0 Å². The highest BCUT2D eigenvalue weighted by molar-refractivity contribution is 7.89. The summed E-state index contributed by atoms with van der Waals surface area (Å²) in [6.07, 6.45) is 2.60. The zero-order valence-electron chi connectivity index (χ0n) is 12.3. The quantitative estimate of drug-likeness (QED) is 0.878. The summed E-state index contributed by atoms with van der Waals surface area (Å²) >= 11 is 0. The van der Waals surface area contributed by atoms with Crippen LogP contribution >= 0.6 is 0 Å². The zero-order valence-corrected chi connectivity index (χ0v) is 13.1. The van der Waals surface area contributed by atoms with Crippen LogP contribution in [0, 0.1) is 0 Å². The predicted molar refractivity (Wildman–Crippen MR) is 83.4 cm³/mol. The molecule has 1 aromatic heterocycles. The molecule has 8 heteroatoms. The van der Waals surface area contributed by atoms with Crippen LogP contribution in [0.3, 0.4) is 0 Å². The second kappa shape index (κ2) is 5.98. The highest BCUT2D eigenvalue weighted by atomic mass is 32.2. The van der Waals surface area contributed by atoms with Gasteiger partial charge in [-0.3, -0.25) is 9.78 Å².